The molecule has 0 aliphatic carbocycles. The number of nitrogens with one attached hydrogen (secondary N) is 1. The lowest BCUT2D eigenvalue weighted by Gasteiger charge is -2.17. The molecular formula is C19H10N6O2. The van der Waals surface area contributed by atoms with E-state index in [1.165, 1.54) is 12.1 Å². The first-order valence-corrected chi connectivity index (χ1v) is 7.93. The SMILES string of the molecule is N#Cc1cc2nc3c(=O)[nH]c(=O)nc-3n(Cc3ccccc3)c2cc1C#N. The van der Waals surface area contributed by atoms with Gasteiger partial charge in [0.15, 0.2) is 11.5 Å². The van der Waals surface area contributed by atoms with Crippen LogP contribution in [0.1, 0.15) is 16.7 Å². The summed E-state index contributed by atoms with van der Waals surface area (Å²) in [5.41, 5.74) is 0.675. The molecule has 0 saturated carbocycles. The van der Waals surface area contributed by atoms with Gasteiger partial charge in [-0.3, -0.25) is 9.78 Å². The Kier molecular flexibility index (Phi) is 3.72. The summed E-state index contributed by atoms with van der Waals surface area (Å²) in [6.07, 6.45) is 0. The van der Waals surface area contributed by atoms with Crippen molar-refractivity contribution in [2.45, 2.75) is 6.54 Å². The van der Waals surface area contributed by atoms with Crippen LogP contribution in [0.25, 0.3) is 22.6 Å². The molecule has 0 saturated heterocycles. The van der Waals surface area contributed by atoms with Gasteiger partial charge in [-0.15, -0.1) is 0 Å². The topological polar surface area (TPSA) is 128 Å². The van der Waals surface area contributed by atoms with Crippen molar-refractivity contribution >= 4 is 11.0 Å². The van der Waals surface area contributed by atoms with E-state index in [9.17, 15) is 20.1 Å². The summed E-state index contributed by atoms with van der Waals surface area (Å²) < 4.78 is 1.66. The largest absolute Gasteiger partial charge is 0.349 e. The summed E-state index contributed by atoms with van der Waals surface area (Å²) in [5, 5.41) is 18.6. The van der Waals surface area contributed by atoms with Gasteiger partial charge in [0.1, 0.15) is 12.1 Å². The molecule has 0 fully saturated rings. The van der Waals surface area contributed by atoms with Crippen molar-refractivity contribution in [3.63, 3.8) is 0 Å². The van der Waals surface area contributed by atoms with Gasteiger partial charge in [-0.2, -0.15) is 15.5 Å². The highest BCUT2D eigenvalue weighted by atomic mass is 16.2. The third-order valence-electron chi connectivity index (χ3n) is 4.17. The van der Waals surface area contributed by atoms with Crippen LogP contribution < -0.4 is 11.2 Å². The summed E-state index contributed by atoms with van der Waals surface area (Å²) in [5.74, 6) is 0.119. The molecule has 0 atom stereocenters. The molecule has 0 amide bonds. The standard InChI is InChI=1S/C19H10N6O2/c20-8-12-6-14-15(7-13(12)9-21)25(10-11-4-2-1-3-5-11)17-16(22-14)18(26)24-19(27)23-17/h1-7H,10H2,(H,24,26,27). The average Bonchev–Trinajstić information content (AvgIpc) is 2.68. The van der Waals surface area contributed by atoms with Crippen molar-refractivity contribution < 1.29 is 0 Å². The zero-order valence-electron chi connectivity index (χ0n) is 13.8. The second kappa shape index (κ2) is 6.21. The lowest BCUT2D eigenvalue weighted by atomic mass is 10.1. The number of H-pyrrole nitrogens is 1. The fourth-order valence-corrected chi connectivity index (χ4v) is 2.95. The molecule has 2 heterocycles. The van der Waals surface area contributed by atoms with E-state index in [-0.39, 0.29) is 22.6 Å². The first kappa shape index (κ1) is 16.2. The van der Waals surface area contributed by atoms with E-state index < -0.39 is 11.2 Å². The fraction of sp³-hybridized carbons (Fsp3) is 0.0526. The second-order valence-electron chi connectivity index (χ2n) is 5.84. The Morgan fingerprint density at radius 2 is 1.70 bits per heavy atom. The van der Waals surface area contributed by atoms with Crippen LogP contribution in [0.3, 0.4) is 0 Å². The van der Waals surface area contributed by atoms with Crippen LogP contribution in [0.4, 0.5) is 0 Å². The minimum Gasteiger partial charge on any atom is -0.318 e. The Hall–Kier alpha value is -4.30. The van der Waals surface area contributed by atoms with E-state index in [1.54, 1.807) is 4.57 Å². The van der Waals surface area contributed by atoms with Crippen LogP contribution in [0.5, 0.6) is 0 Å². The Bertz CT molecular complexity index is 1360. The van der Waals surface area contributed by atoms with Crippen LogP contribution >= 0.6 is 0 Å². The first-order valence-electron chi connectivity index (χ1n) is 7.93. The summed E-state index contributed by atoms with van der Waals surface area (Å²) >= 11 is 0. The predicted molar refractivity (Wildman–Crippen MR) is 96.0 cm³/mol. The minimum absolute atomic E-state index is 0.00775. The van der Waals surface area contributed by atoms with E-state index in [0.29, 0.717) is 17.6 Å². The van der Waals surface area contributed by atoms with Gasteiger partial charge >= 0.3 is 5.69 Å². The number of rotatable bonds is 2. The van der Waals surface area contributed by atoms with Gasteiger partial charge < -0.3 is 4.57 Å². The highest BCUT2D eigenvalue weighted by Gasteiger charge is 2.20. The number of benzene rings is 2. The van der Waals surface area contributed by atoms with Crippen molar-refractivity contribution in [2.24, 2.45) is 0 Å². The molecule has 0 radical (unpaired) electrons. The molecule has 2 aromatic rings. The van der Waals surface area contributed by atoms with E-state index >= 15 is 0 Å². The lowest BCUT2D eigenvalue weighted by Crippen LogP contribution is -2.29. The smallest absolute Gasteiger partial charge is 0.318 e. The van der Waals surface area contributed by atoms with Gasteiger partial charge in [0.25, 0.3) is 5.56 Å². The fourth-order valence-electron chi connectivity index (χ4n) is 2.95. The van der Waals surface area contributed by atoms with E-state index in [2.05, 4.69) is 15.0 Å². The number of aromatic nitrogens is 4. The zero-order valence-corrected chi connectivity index (χ0v) is 13.8. The monoisotopic (exact) mass is 354 g/mol. The lowest BCUT2D eigenvalue weighted by molar-refractivity contribution is 0.790. The Morgan fingerprint density at radius 1 is 1.00 bits per heavy atom. The Morgan fingerprint density at radius 3 is 2.41 bits per heavy atom. The maximum atomic E-state index is 12.2. The molecule has 4 rings (SSSR count). The summed E-state index contributed by atoms with van der Waals surface area (Å²) in [6, 6.07) is 16.3. The minimum atomic E-state index is -0.774. The summed E-state index contributed by atoms with van der Waals surface area (Å²) in [7, 11) is 0. The molecule has 27 heavy (non-hydrogen) atoms. The van der Waals surface area contributed by atoms with E-state index in [4.69, 9.17) is 0 Å². The molecule has 0 bridgehead atoms. The highest BCUT2D eigenvalue weighted by molar-refractivity contribution is 5.83. The number of hydrogen-bond acceptors (Lipinski definition) is 6. The van der Waals surface area contributed by atoms with Crippen molar-refractivity contribution in [1.82, 2.24) is 19.5 Å². The molecule has 128 valence electrons. The van der Waals surface area contributed by atoms with Crippen LogP contribution in [0.15, 0.2) is 52.1 Å². The molecule has 0 aromatic heterocycles. The van der Waals surface area contributed by atoms with Gasteiger partial charge in [-0.1, -0.05) is 30.3 Å². The maximum absolute atomic E-state index is 12.2. The van der Waals surface area contributed by atoms with Gasteiger partial charge in [0, 0.05) is 6.54 Å². The van der Waals surface area contributed by atoms with Crippen molar-refractivity contribution in [2.75, 3.05) is 0 Å². The Labute approximate surface area is 151 Å². The molecular weight excluding hydrogens is 344 g/mol. The molecule has 2 aromatic carbocycles. The highest BCUT2D eigenvalue weighted by Crippen LogP contribution is 2.24. The van der Waals surface area contributed by atoms with Crippen molar-refractivity contribution in [1.29, 1.82) is 10.5 Å². The number of hydrogen-bond donors (Lipinski definition) is 1. The molecule has 0 spiro atoms. The van der Waals surface area contributed by atoms with Crippen molar-refractivity contribution in [3.05, 3.63) is 80.0 Å². The predicted octanol–water partition coefficient (Wildman–Crippen LogP) is 1.38. The molecule has 8 nitrogen and oxygen atoms in total. The third kappa shape index (κ3) is 2.71. The van der Waals surface area contributed by atoms with Gasteiger partial charge in [0.2, 0.25) is 0 Å². The quantitative estimate of drug-likeness (QED) is 0.542. The van der Waals surface area contributed by atoms with Gasteiger partial charge in [-0.25, -0.2) is 9.78 Å². The molecule has 1 N–H and O–H groups in total. The molecule has 2 aliphatic heterocycles. The maximum Gasteiger partial charge on any atom is 0.349 e. The van der Waals surface area contributed by atoms with Crippen LogP contribution in [-0.4, -0.2) is 19.5 Å². The number of aromatic amines is 1. The number of fused-ring (bicyclic) bond motifs is 2. The summed E-state index contributed by atoms with van der Waals surface area (Å²) in [4.78, 5) is 34.3. The van der Waals surface area contributed by atoms with Gasteiger partial charge in [-0.05, 0) is 17.7 Å². The van der Waals surface area contributed by atoms with Crippen LogP contribution in [-0.2, 0) is 6.54 Å². The number of nitrogens with zero attached hydrogens (tertiary/aromatic N) is 5. The van der Waals surface area contributed by atoms with Gasteiger partial charge in [0.05, 0.1) is 22.2 Å². The van der Waals surface area contributed by atoms with E-state index in [1.807, 2.05) is 42.5 Å². The average molecular weight is 354 g/mol. The second-order valence-corrected chi connectivity index (χ2v) is 5.84. The van der Waals surface area contributed by atoms with Crippen molar-refractivity contribution in [3.8, 4) is 23.7 Å². The number of nitriles is 2. The third-order valence-corrected chi connectivity index (χ3v) is 4.17. The Balaban J connectivity index is 2.15. The normalized spacial score (nSPS) is 10.6. The molecule has 2 aliphatic rings. The summed E-state index contributed by atoms with van der Waals surface area (Å²) in [6.45, 7) is 0.309. The molecule has 8 heteroatoms. The van der Waals surface area contributed by atoms with Crippen LogP contribution in [0.2, 0.25) is 0 Å². The molecule has 0 unspecified atom stereocenters. The van der Waals surface area contributed by atoms with E-state index in [0.717, 1.165) is 5.56 Å². The van der Waals surface area contributed by atoms with Crippen LogP contribution in [0, 0.1) is 22.7 Å². The first-order chi connectivity index (χ1) is 13.1. The zero-order chi connectivity index (χ0) is 19.0.